The van der Waals surface area contributed by atoms with Crippen molar-refractivity contribution in [2.75, 3.05) is 52.7 Å². The van der Waals surface area contributed by atoms with Gasteiger partial charge in [-0.1, -0.05) is 80.7 Å². The number of allylic oxidation sites excluding steroid dienone is 1. The predicted molar refractivity (Wildman–Crippen MR) is 202 cm³/mol. The minimum atomic E-state index is -0.981. The Labute approximate surface area is 314 Å². The summed E-state index contributed by atoms with van der Waals surface area (Å²) in [4.78, 5) is 29.5. The van der Waals surface area contributed by atoms with Crippen molar-refractivity contribution >= 4 is 18.1 Å². The van der Waals surface area contributed by atoms with Crippen LogP contribution in [0.3, 0.4) is 0 Å². The molecule has 0 aromatic heterocycles. The number of carbonyl (C=O) groups is 2. The summed E-state index contributed by atoms with van der Waals surface area (Å²) < 4.78 is 22.6. The number of fused-ring (bicyclic) bond motifs is 1. The number of aliphatic hydroxyl groups excluding tert-OH is 2. The van der Waals surface area contributed by atoms with Crippen molar-refractivity contribution in [1.29, 1.82) is 0 Å². The fraction of sp³-hybridized carbons (Fsp3) is 0.619. The Morgan fingerprint density at radius 2 is 1.75 bits per heavy atom. The number of nitrogens with zero attached hydrogens (tertiary/aromatic N) is 1. The second-order valence-electron chi connectivity index (χ2n) is 15.2. The fourth-order valence-corrected chi connectivity index (χ4v) is 8.18. The van der Waals surface area contributed by atoms with E-state index in [-0.39, 0.29) is 18.4 Å². The molecule has 4 aliphatic rings. The number of carbonyl (C=O) groups excluding carboxylic acids is 2. The number of benzene rings is 2. The molecule has 0 spiro atoms. The Morgan fingerprint density at radius 1 is 0.962 bits per heavy atom. The van der Waals surface area contributed by atoms with Gasteiger partial charge in [-0.05, 0) is 66.8 Å². The summed E-state index contributed by atoms with van der Waals surface area (Å²) in [5.74, 6) is 0.335. The maximum Gasteiger partial charge on any atom is 0.407 e. The van der Waals surface area contributed by atoms with Crippen molar-refractivity contribution in [3.63, 3.8) is 0 Å². The molecule has 11 nitrogen and oxygen atoms in total. The molecule has 6 atom stereocenters. The number of amides is 2. The molecule has 6 rings (SSSR count). The van der Waals surface area contributed by atoms with Crippen molar-refractivity contribution in [2.24, 2.45) is 11.8 Å². The highest BCUT2D eigenvalue weighted by Gasteiger charge is 2.35. The number of ether oxygens (including phenoxy) is 4. The zero-order valence-electron chi connectivity index (χ0n) is 31.0. The van der Waals surface area contributed by atoms with E-state index >= 15 is 0 Å². The first-order chi connectivity index (χ1) is 25.9. The van der Waals surface area contributed by atoms with Gasteiger partial charge in [0.2, 0.25) is 5.91 Å². The lowest BCUT2D eigenvalue weighted by Crippen LogP contribution is -2.48. The maximum atomic E-state index is 14.1. The number of alkyl carbamates (subject to hydrolysis) is 1. The van der Waals surface area contributed by atoms with Gasteiger partial charge in [-0.3, -0.25) is 9.69 Å². The summed E-state index contributed by atoms with van der Waals surface area (Å²) in [6.07, 6.45) is 10.1. The van der Waals surface area contributed by atoms with E-state index < -0.39 is 36.3 Å². The van der Waals surface area contributed by atoms with E-state index in [1.165, 1.54) is 6.42 Å². The third-order valence-corrected chi connectivity index (χ3v) is 11.3. The van der Waals surface area contributed by atoms with Crippen molar-refractivity contribution in [3.8, 4) is 5.75 Å². The average Bonchev–Trinajstić information content (AvgIpc) is 3.50. The summed E-state index contributed by atoms with van der Waals surface area (Å²) in [7, 11) is 0. The lowest BCUT2D eigenvalue weighted by Gasteiger charge is -2.32. The molecule has 2 aliphatic carbocycles. The van der Waals surface area contributed by atoms with Gasteiger partial charge in [0.25, 0.3) is 0 Å². The molecule has 0 bridgehead atoms. The van der Waals surface area contributed by atoms with Crippen LogP contribution in [-0.2, 0) is 25.4 Å². The third kappa shape index (κ3) is 12.0. The van der Waals surface area contributed by atoms with Crippen molar-refractivity contribution in [3.05, 3.63) is 71.3 Å². The molecule has 4 N–H and O–H groups in total. The van der Waals surface area contributed by atoms with E-state index in [0.717, 1.165) is 93.8 Å². The highest BCUT2D eigenvalue weighted by molar-refractivity contribution is 5.80. The number of aliphatic hydroxyl groups is 2. The Kier molecular flexibility index (Phi) is 15.0. The first kappa shape index (κ1) is 39.2. The number of rotatable bonds is 16. The zero-order chi connectivity index (χ0) is 36.8. The van der Waals surface area contributed by atoms with E-state index in [9.17, 15) is 19.8 Å². The molecule has 0 radical (unpaired) electrons. The van der Waals surface area contributed by atoms with E-state index in [1.807, 2.05) is 60.7 Å². The Hall–Kier alpha value is -3.48. The van der Waals surface area contributed by atoms with Crippen molar-refractivity contribution in [2.45, 2.75) is 101 Å². The molecule has 290 valence electrons. The summed E-state index contributed by atoms with van der Waals surface area (Å²) in [6.45, 7) is 5.90. The molecule has 2 aromatic rings. The Bertz CT molecular complexity index is 1450. The molecule has 3 fully saturated rings. The molecule has 53 heavy (non-hydrogen) atoms. The van der Waals surface area contributed by atoms with Crippen LogP contribution in [0.2, 0.25) is 0 Å². The van der Waals surface area contributed by atoms with Crippen LogP contribution in [0.25, 0.3) is 6.08 Å². The van der Waals surface area contributed by atoms with Crippen molar-refractivity contribution in [1.82, 2.24) is 15.5 Å². The zero-order valence-corrected chi connectivity index (χ0v) is 31.0. The van der Waals surface area contributed by atoms with Crippen LogP contribution in [0.15, 0.2) is 54.6 Å². The van der Waals surface area contributed by atoms with Crippen LogP contribution in [0.5, 0.6) is 5.75 Å². The fourth-order valence-electron chi connectivity index (χ4n) is 8.18. The molecule has 2 aliphatic heterocycles. The number of nitrogens with one attached hydrogen (secondary N) is 2. The Morgan fingerprint density at radius 3 is 2.53 bits per heavy atom. The van der Waals surface area contributed by atoms with Gasteiger partial charge in [-0.2, -0.15) is 0 Å². The van der Waals surface area contributed by atoms with E-state index in [0.29, 0.717) is 45.0 Å². The summed E-state index contributed by atoms with van der Waals surface area (Å²) in [5.41, 5.74) is 2.91. The van der Waals surface area contributed by atoms with Crippen LogP contribution in [0.4, 0.5) is 4.79 Å². The smallest absolute Gasteiger partial charge is 0.407 e. The van der Waals surface area contributed by atoms with Crippen LogP contribution in [-0.4, -0.2) is 104 Å². The van der Waals surface area contributed by atoms with Gasteiger partial charge >= 0.3 is 6.09 Å². The quantitative estimate of drug-likeness (QED) is 0.184. The normalized spacial score (nSPS) is 24.2. The number of morpholine rings is 1. The topological polar surface area (TPSA) is 139 Å². The SMILES string of the molecule is O=C(N[C@@H](CC1CCCCC1)[C@@H](O)C[C@@H](C/C=C/c1ccc(OCCN2CCOCC2)cc1)C(=O)N[C@H]1c2ccccc2C[C@H]1O)O[C@H]1CCCOC1. The second-order valence-corrected chi connectivity index (χ2v) is 15.2. The molecule has 0 unspecified atom stereocenters. The molecular formula is C42H59N3O8. The molecule has 2 heterocycles. The van der Waals surface area contributed by atoms with Gasteiger partial charge in [0.05, 0.1) is 44.1 Å². The minimum absolute atomic E-state index is 0.140. The van der Waals surface area contributed by atoms with Crippen LogP contribution >= 0.6 is 0 Å². The second kappa shape index (κ2) is 20.3. The van der Waals surface area contributed by atoms with Crippen LogP contribution in [0.1, 0.15) is 86.9 Å². The molecule has 2 saturated heterocycles. The predicted octanol–water partition coefficient (Wildman–Crippen LogP) is 5.19. The summed E-state index contributed by atoms with van der Waals surface area (Å²) >= 11 is 0. The monoisotopic (exact) mass is 733 g/mol. The van der Waals surface area contributed by atoms with Crippen LogP contribution in [0, 0.1) is 11.8 Å². The first-order valence-electron chi connectivity index (χ1n) is 19.9. The van der Waals surface area contributed by atoms with E-state index in [1.54, 1.807) is 0 Å². The largest absolute Gasteiger partial charge is 0.492 e. The highest BCUT2D eigenvalue weighted by atomic mass is 16.6. The van der Waals surface area contributed by atoms with Gasteiger partial charge < -0.3 is 39.8 Å². The standard InChI is InChI=1S/C42H59N3O8/c46-38(37(26-31-8-2-1-3-9-31)43-42(49)53-35-13-7-22-51-29-35)28-33(41(48)44-40-36-14-5-4-11-32(36)27-39(40)47)12-6-10-30-15-17-34(18-16-30)52-25-21-45-19-23-50-24-20-45/h4-6,10-11,14-18,31,33,35,37-40,46-47H,1-3,7-9,12-13,19-29H2,(H,43,49)(H,44,48)/b10-6+/t33-,35+,37+,38+,39-,40+/m1/s1. The highest BCUT2D eigenvalue weighted by Crippen LogP contribution is 2.33. The minimum Gasteiger partial charge on any atom is -0.492 e. The molecule has 2 aromatic carbocycles. The van der Waals surface area contributed by atoms with Crippen molar-refractivity contribution < 1.29 is 38.7 Å². The van der Waals surface area contributed by atoms with Gasteiger partial charge in [-0.25, -0.2) is 4.79 Å². The molecule has 1 saturated carbocycles. The number of hydrogen-bond acceptors (Lipinski definition) is 9. The average molecular weight is 734 g/mol. The Balaban J connectivity index is 1.11. The third-order valence-electron chi connectivity index (χ3n) is 11.3. The van der Waals surface area contributed by atoms with Crippen LogP contribution < -0.4 is 15.4 Å². The van der Waals surface area contributed by atoms with Gasteiger partial charge in [-0.15, -0.1) is 0 Å². The lowest BCUT2D eigenvalue weighted by molar-refractivity contribution is -0.127. The van der Waals surface area contributed by atoms with Gasteiger partial charge in [0.1, 0.15) is 18.5 Å². The van der Waals surface area contributed by atoms with Gasteiger partial charge in [0, 0.05) is 38.6 Å². The summed E-state index contributed by atoms with van der Waals surface area (Å²) in [6, 6.07) is 14.6. The lowest BCUT2D eigenvalue weighted by atomic mass is 9.82. The number of hydrogen-bond donors (Lipinski definition) is 4. The molecular weight excluding hydrogens is 674 g/mol. The van der Waals surface area contributed by atoms with Gasteiger partial charge in [0.15, 0.2) is 0 Å². The molecule has 2 amide bonds. The summed E-state index contributed by atoms with van der Waals surface area (Å²) in [5, 5.41) is 28.9. The maximum absolute atomic E-state index is 14.1. The van der Waals surface area contributed by atoms with E-state index in [2.05, 4.69) is 15.5 Å². The molecule has 11 heteroatoms. The first-order valence-corrected chi connectivity index (χ1v) is 19.9. The van der Waals surface area contributed by atoms with E-state index in [4.69, 9.17) is 18.9 Å².